The van der Waals surface area contributed by atoms with Gasteiger partial charge in [-0.1, -0.05) is 31.2 Å². The van der Waals surface area contributed by atoms with Crippen LogP contribution in [0, 0.1) is 0 Å². The van der Waals surface area contributed by atoms with Crippen molar-refractivity contribution in [3.8, 4) is 0 Å². The number of benzene rings is 1. The van der Waals surface area contributed by atoms with Gasteiger partial charge in [-0.25, -0.2) is 0 Å². The van der Waals surface area contributed by atoms with Crippen molar-refractivity contribution in [1.29, 1.82) is 0 Å². The molecule has 16 heavy (non-hydrogen) atoms. The van der Waals surface area contributed by atoms with Gasteiger partial charge >= 0.3 is 0 Å². The highest BCUT2D eigenvalue weighted by atomic mass is 32.1. The van der Waals surface area contributed by atoms with Crippen molar-refractivity contribution in [1.82, 2.24) is 0 Å². The summed E-state index contributed by atoms with van der Waals surface area (Å²) < 4.78 is 0. The Morgan fingerprint density at radius 2 is 1.75 bits per heavy atom. The molecule has 0 heterocycles. The summed E-state index contributed by atoms with van der Waals surface area (Å²) in [6, 6.07) is 4.48. The minimum absolute atomic E-state index is 0.998. The van der Waals surface area contributed by atoms with Crippen LogP contribution in [0.2, 0.25) is 0 Å². The van der Waals surface area contributed by atoms with Crippen molar-refractivity contribution in [2.75, 3.05) is 5.75 Å². The average Bonchev–Trinajstić information content (AvgIpc) is 2.30. The van der Waals surface area contributed by atoms with Gasteiger partial charge in [-0.3, -0.25) is 0 Å². The van der Waals surface area contributed by atoms with Gasteiger partial charge < -0.3 is 0 Å². The highest BCUT2D eigenvalue weighted by Gasteiger charge is 2.07. The lowest BCUT2D eigenvalue weighted by Gasteiger charge is -2.15. The van der Waals surface area contributed by atoms with E-state index in [1.54, 1.807) is 5.56 Å². The molecule has 0 saturated heterocycles. The molecule has 0 nitrogen and oxygen atoms in total. The van der Waals surface area contributed by atoms with Gasteiger partial charge in [-0.15, -0.1) is 0 Å². The van der Waals surface area contributed by atoms with Crippen molar-refractivity contribution in [2.45, 2.75) is 46.0 Å². The third-order valence-electron chi connectivity index (χ3n) is 3.09. The zero-order valence-electron chi connectivity index (χ0n) is 10.3. The molecule has 0 atom stereocenters. The number of unbranched alkanes of at least 4 members (excludes halogenated alkanes) is 1. The monoisotopic (exact) mass is 249 g/mol. The quantitative estimate of drug-likeness (QED) is 0.447. The van der Waals surface area contributed by atoms with Crippen LogP contribution in [-0.2, 0) is 19.3 Å². The van der Waals surface area contributed by atoms with E-state index in [1.165, 1.54) is 35.6 Å². The van der Waals surface area contributed by atoms with E-state index in [0.717, 1.165) is 18.6 Å². The van der Waals surface area contributed by atoms with Crippen LogP contribution in [0.3, 0.4) is 0 Å². The maximum atomic E-state index is 4.26. The molecule has 0 fully saturated rings. The van der Waals surface area contributed by atoms with Gasteiger partial charge in [0.05, 0.1) is 10.2 Å². The highest BCUT2D eigenvalue weighted by Crippen LogP contribution is 2.17. The molecule has 2 heteroatoms. The van der Waals surface area contributed by atoms with Crippen LogP contribution < -0.4 is 5.19 Å². The number of thiol groups is 1. The molecule has 0 aromatic heterocycles. The summed E-state index contributed by atoms with van der Waals surface area (Å²) in [4.78, 5) is 0. The van der Waals surface area contributed by atoms with E-state index in [0.29, 0.717) is 0 Å². The predicted molar refractivity (Wildman–Crippen MR) is 77.4 cm³/mol. The van der Waals surface area contributed by atoms with Gasteiger partial charge in [-0.2, -0.15) is 12.6 Å². The van der Waals surface area contributed by atoms with Crippen molar-refractivity contribution in [3.05, 3.63) is 28.8 Å². The zero-order valence-corrected chi connectivity index (χ0v) is 12.2. The van der Waals surface area contributed by atoms with Crippen molar-refractivity contribution < 1.29 is 0 Å². The third kappa shape index (κ3) is 3.39. The second-order valence-electron chi connectivity index (χ2n) is 4.12. The molecule has 0 unspecified atom stereocenters. The van der Waals surface area contributed by atoms with Crippen LogP contribution >= 0.6 is 12.6 Å². The Balaban J connectivity index is 2.91. The molecule has 0 amide bonds. The Morgan fingerprint density at radius 3 is 2.31 bits per heavy atom. The second kappa shape index (κ2) is 7.18. The van der Waals surface area contributed by atoms with E-state index < -0.39 is 0 Å². The fraction of sp³-hybridized carbons (Fsp3) is 0.571. The number of aryl methyl sites for hydroxylation is 1. The lowest BCUT2D eigenvalue weighted by atomic mass is 9.94. The maximum absolute atomic E-state index is 4.26. The molecule has 0 spiro atoms. The average molecular weight is 249 g/mol. The summed E-state index contributed by atoms with van der Waals surface area (Å²) >= 11 is 4.26. The minimum atomic E-state index is 0.998. The predicted octanol–water partition coefficient (Wildman–Crippen LogP) is 2.86. The van der Waals surface area contributed by atoms with Gasteiger partial charge in [0, 0.05) is 0 Å². The van der Waals surface area contributed by atoms with E-state index in [2.05, 4.69) is 48.9 Å². The molecule has 0 bridgehead atoms. The molecule has 1 rings (SSSR count). The van der Waals surface area contributed by atoms with E-state index in [4.69, 9.17) is 0 Å². The Bertz CT molecular complexity index is 334. The number of rotatable bonds is 6. The first-order valence-electron chi connectivity index (χ1n) is 6.20. The summed E-state index contributed by atoms with van der Waals surface area (Å²) in [5.74, 6) is 0.998. The normalized spacial score (nSPS) is 10.8. The lowest BCUT2D eigenvalue weighted by molar-refractivity contribution is 0.793. The molecule has 1 aromatic carbocycles. The van der Waals surface area contributed by atoms with E-state index in [9.17, 15) is 0 Å². The molecular formula is C14H21SSi. The fourth-order valence-electron chi connectivity index (χ4n) is 2.25. The van der Waals surface area contributed by atoms with Crippen molar-refractivity contribution in [2.24, 2.45) is 0 Å². The first-order valence-corrected chi connectivity index (χ1v) is 7.33. The lowest BCUT2D eigenvalue weighted by Crippen LogP contribution is -2.14. The Kier molecular flexibility index (Phi) is 6.21. The van der Waals surface area contributed by atoms with E-state index in [1.807, 2.05) is 0 Å². The molecule has 1 aromatic rings. The standard InChI is InChI=1S/C14H21SSi/c1-3-12-11(7-5-6-10-15)8-9-14(16)13(12)4-2/h8-9,15H,3-7,10H2,1-2H3. The molecule has 0 aliphatic carbocycles. The van der Waals surface area contributed by atoms with Gasteiger partial charge in [-0.05, 0) is 54.5 Å². The topological polar surface area (TPSA) is 0 Å². The minimum Gasteiger partial charge on any atom is -0.179 e. The van der Waals surface area contributed by atoms with Crippen LogP contribution in [0.1, 0.15) is 43.4 Å². The largest absolute Gasteiger partial charge is 0.179 e. The second-order valence-corrected chi connectivity index (χ2v) is 5.10. The smallest absolute Gasteiger partial charge is 0.0715 e. The molecule has 3 radical (unpaired) electrons. The maximum Gasteiger partial charge on any atom is 0.0715 e. The van der Waals surface area contributed by atoms with Crippen LogP contribution in [0.5, 0.6) is 0 Å². The summed E-state index contributed by atoms with van der Waals surface area (Å²) in [6.07, 6.45) is 5.91. The Morgan fingerprint density at radius 1 is 1.06 bits per heavy atom. The molecule has 0 aliphatic rings. The molecule has 87 valence electrons. The number of hydrogen-bond donors (Lipinski definition) is 1. The first-order chi connectivity index (χ1) is 7.74. The van der Waals surface area contributed by atoms with E-state index in [-0.39, 0.29) is 0 Å². The fourth-order valence-corrected chi connectivity index (χ4v) is 2.88. The number of hydrogen-bond acceptors (Lipinski definition) is 1. The highest BCUT2D eigenvalue weighted by molar-refractivity contribution is 7.80. The molecular weight excluding hydrogens is 228 g/mol. The summed E-state index contributed by atoms with van der Waals surface area (Å²) in [5, 5.41) is 1.26. The molecule has 0 aliphatic heterocycles. The van der Waals surface area contributed by atoms with Crippen LogP contribution in [-0.4, -0.2) is 16.0 Å². The third-order valence-corrected chi connectivity index (χ3v) is 3.87. The van der Waals surface area contributed by atoms with Crippen LogP contribution in [0.15, 0.2) is 12.1 Å². The summed E-state index contributed by atoms with van der Waals surface area (Å²) in [5.41, 5.74) is 4.57. The van der Waals surface area contributed by atoms with Crippen LogP contribution in [0.4, 0.5) is 0 Å². The Labute approximate surface area is 109 Å². The SMILES string of the molecule is CCc1c([Si])ccc(CCCCS)c1CC. The van der Waals surface area contributed by atoms with Crippen LogP contribution in [0.25, 0.3) is 0 Å². The van der Waals surface area contributed by atoms with Crippen molar-refractivity contribution >= 4 is 28.1 Å². The van der Waals surface area contributed by atoms with Gasteiger partial charge in [0.1, 0.15) is 0 Å². The molecule has 0 saturated carbocycles. The zero-order chi connectivity index (χ0) is 12.0. The van der Waals surface area contributed by atoms with Gasteiger partial charge in [0.25, 0.3) is 0 Å². The summed E-state index contributed by atoms with van der Waals surface area (Å²) in [7, 11) is 3.70. The van der Waals surface area contributed by atoms with E-state index >= 15 is 0 Å². The van der Waals surface area contributed by atoms with Gasteiger partial charge in [0.2, 0.25) is 0 Å². The van der Waals surface area contributed by atoms with Gasteiger partial charge in [0.15, 0.2) is 0 Å². The first kappa shape index (κ1) is 13.9. The molecule has 0 N–H and O–H groups in total. The van der Waals surface area contributed by atoms with Crippen molar-refractivity contribution in [3.63, 3.8) is 0 Å². The Hall–Kier alpha value is -0.213. The summed E-state index contributed by atoms with van der Waals surface area (Å²) in [6.45, 7) is 4.48.